The Morgan fingerprint density at radius 3 is 2.57 bits per heavy atom. The lowest BCUT2D eigenvalue weighted by atomic mass is 10.1. The van der Waals surface area contributed by atoms with Crippen LogP contribution >= 0.6 is 0 Å². The molecule has 0 radical (unpaired) electrons. The first kappa shape index (κ1) is 13.3. The lowest BCUT2D eigenvalue weighted by molar-refractivity contribution is 0.714. The van der Waals surface area contributed by atoms with Gasteiger partial charge in [-0.15, -0.1) is 5.10 Å². The highest BCUT2D eigenvalue weighted by Crippen LogP contribution is 2.21. The van der Waals surface area contributed by atoms with Gasteiger partial charge in [0.25, 0.3) is 0 Å². The molecule has 21 heavy (non-hydrogen) atoms. The molecule has 0 bridgehead atoms. The Balaban J connectivity index is 2.33. The zero-order valence-electron chi connectivity index (χ0n) is 12.4. The van der Waals surface area contributed by atoms with Gasteiger partial charge < -0.3 is 9.47 Å². The van der Waals surface area contributed by atoms with E-state index in [1.807, 2.05) is 48.8 Å². The maximum absolute atomic E-state index is 12.7. The molecule has 1 aromatic carbocycles. The smallest absolute Gasteiger partial charge is 0.200 e. The predicted octanol–water partition coefficient (Wildman–Crippen LogP) is 0.795. The molecule has 0 unspecified atom stereocenters. The minimum Gasteiger partial charge on any atom is -0.378 e. The number of nitrogens with zero attached hydrogens (tertiary/aromatic N) is 6. The molecule has 7 nitrogen and oxygen atoms in total. The number of benzene rings is 1. The van der Waals surface area contributed by atoms with Gasteiger partial charge in [0.1, 0.15) is 0 Å². The van der Waals surface area contributed by atoms with E-state index in [1.54, 1.807) is 13.2 Å². The fraction of sp³-hybridized carbons (Fsp3) is 0.286. The molecule has 0 fully saturated rings. The highest BCUT2D eigenvalue weighted by molar-refractivity contribution is 5.85. The van der Waals surface area contributed by atoms with Gasteiger partial charge in [0.2, 0.25) is 0 Å². The molecule has 0 aliphatic carbocycles. The Labute approximate surface area is 121 Å². The summed E-state index contributed by atoms with van der Waals surface area (Å²) in [5.74, 6) is 0.467. The molecule has 7 heteroatoms. The number of hydrogen-bond donors (Lipinski definition) is 0. The summed E-state index contributed by atoms with van der Waals surface area (Å²) < 4.78 is 3.42. The summed E-state index contributed by atoms with van der Waals surface area (Å²) in [6.07, 6.45) is 1.77. The lowest BCUT2D eigenvalue weighted by Crippen LogP contribution is -2.14. The van der Waals surface area contributed by atoms with E-state index in [0.717, 1.165) is 11.2 Å². The zero-order valence-corrected chi connectivity index (χ0v) is 12.4. The molecular weight excluding hydrogens is 268 g/mol. The molecule has 0 spiro atoms. The summed E-state index contributed by atoms with van der Waals surface area (Å²) in [4.78, 5) is 14.7. The monoisotopic (exact) mass is 284 g/mol. The normalized spacial score (nSPS) is 11.0. The van der Waals surface area contributed by atoms with Crippen LogP contribution in [0.1, 0.15) is 0 Å². The Morgan fingerprint density at radius 1 is 1.19 bits per heavy atom. The van der Waals surface area contributed by atoms with Crippen LogP contribution in [-0.2, 0) is 14.1 Å². The summed E-state index contributed by atoms with van der Waals surface area (Å²) in [6.45, 7) is 0. The van der Waals surface area contributed by atoms with E-state index >= 15 is 0 Å². The van der Waals surface area contributed by atoms with Crippen LogP contribution in [0, 0.1) is 0 Å². The first-order valence-corrected chi connectivity index (χ1v) is 6.52. The van der Waals surface area contributed by atoms with E-state index in [0.29, 0.717) is 16.8 Å². The van der Waals surface area contributed by atoms with E-state index in [1.165, 1.54) is 4.68 Å². The van der Waals surface area contributed by atoms with E-state index in [9.17, 15) is 4.79 Å². The molecule has 0 aliphatic heterocycles. The molecule has 0 amide bonds. The number of pyridine rings is 1. The van der Waals surface area contributed by atoms with Crippen LogP contribution in [-0.4, -0.2) is 38.9 Å². The summed E-state index contributed by atoms with van der Waals surface area (Å²) >= 11 is 0. The summed E-state index contributed by atoms with van der Waals surface area (Å²) in [5.41, 5.74) is 2.36. The molecule has 108 valence electrons. The van der Waals surface area contributed by atoms with Gasteiger partial charge in [-0.25, -0.2) is 4.68 Å². The van der Waals surface area contributed by atoms with E-state index in [-0.39, 0.29) is 5.43 Å². The lowest BCUT2D eigenvalue weighted by Gasteiger charge is -2.15. The molecule has 0 N–H and O–H groups in total. The van der Waals surface area contributed by atoms with Crippen LogP contribution in [0.3, 0.4) is 0 Å². The number of tetrazole rings is 1. The minimum absolute atomic E-state index is 0.0636. The second kappa shape index (κ2) is 4.69. The first-order chi connectivity index (χ1) is 9.99. The van der Waals surface area contributed by atoms with E-state index in [2.05, 4.69) is 15.5 Å². The molecule has 2 aromatic heterocycles. The van der Waals surface area contributed by atoms with Crippen molar-refractivity contribution in [1.82, 2.24) is 24.8 Å². The Bertz CT molecular complexity index is 877. The van der Waals surface area contributed by atoms with Gasteiger partial charge in [-0.3, -0.25) is 4.79 Å². The predicted molar refractivity (Wildman–Crippen MR) is 81.3 cm³/mol. The summed E-state index contributed by atoms with van der Waals surface area (Å²) in [6, 6.07) is 5.78. The van der Waals surface area contributed by atoms with Gasteiger partial charge in [-0.1, -0.05) is 0 Å². The number of anilines is 1. The SMILES string of the molecule is CN(C)c1ccc2c(=O)c(-c3nnnn3C)cn(C)c2c1. The van der Waals surface area contributed by atoms with Crippen molar-refractivity contribution in [1.29, 1.82) is 0 Å². The molecule has 3 rings (SSSR count). The maximum atomic E-state index is 12.7. The number of aromatic nitrogens is 5. The maximum Gasteiger partial charge on any atom is 0.200 e. The third-order valence-electron chi connectivity index (χ3n) is 3.55. The molecule has 0 saturated heterocycles. The topological polar surface area (TPSA) is 68.8 Å². The zero-order chi connectivity index (χ0) is 15.1. The van der Waals surface area contributed by atoms with Crippen molar-refractivity contribution in [2.24, 2.45) is 14.1 Å². The van der Waals surface area contributed by atoms with Crippen LogP contribution in [0.5, 0.6) is 0 Å². The van der Waals surface area contributed by atoms with Crippen molar-refractivity contribution >= 4 is 16.6 Å². The van der Waals surface area contributed by atoms with Crippen molar-refractivity contribution in [2.45, 2.75) is 0 Å². The van der Waals surface area contributed by atoms with Crippen molar-refractivity contribution in [3.05, 3.63) is 34.6 Å². The number of fused-ring (bicyclic) bond motifs is 1. The highest BCUT2D eigenvalue weighted by Gasteiger charge is 2.14. The van der Waals surface area contributed by atoms with E-state index in [4.69, 9.17) is 0 Å². The van der Waals surface area contributed by atoms with Gasteiger partial charge in [0.05, 0.1) is 11.1 Å². The average Bonchev–Trinajstić information content (AvgIpc) is 2.88. The molecule has 0 aliphatic rings. The van der Waals surface area contributed by atoms with Crippen LogP contribution < -0.4 is 10.3 Å². The number of rotatable bonds is 2. The third kappa shape index (κ3) is 2.06. The van der Waals surface area contributed by atoms with Crippen LogP contribution in [0.25, 0.3) is 22.3 Å². The average molecular weight is 284 g/mol. The highest BCUT2D eigenvalue weighted by atomic mass is 16.1. The molecule has 0 saturated carbocycles. The van der Waals surface area contributed by atoms with Crippen molar-refractivity contribution < 1.29 is 0 Å². The standard InChI is InChI=1S/C14H16N6O/c1-18(2)9-5-6-10-12(7-9)19(3)8-11(13(10)21)14-15-16-17-20(14)4/h5-8H,1-4H3. The Kier molecular flexibility index (Phi) is 2.97. The number of aryl methyl sites for hydroxylation is 2. The second-order valence-electron chi connectivity index (χ2n) is 5.20. The summed E-state index contributed by atoms with van der Waals surface area (Å²) in [7, 11) is 7.57. The first-order valence-electron chi connectivity index (χ1n) is 6.52. The van der Waals surface area contributed by atoms with Crippen molar-refractivity contribution in [3.63, 3.8) is 0 Å². The third-order valence-corrected chi connectivity index (χ3v) is 3.55. The van der Waals surface area contributed by atoms with Crippen LogP contribution in [0.2, 0.25) is 0 Å². The quantitative estimate of drug-likeness (QED) is 0.696. The minimum atomic E-state index is -0.0636. The summed E-state index contributed by atoms with van der Waals surface area (Å²) in [5, 5.41) is 12.0. The van der Waals surface area contributed by atoms with Gasteiger partial charge >= 0.3 is 0 Å². The van der Waals surface area contributed by atoms with E-state index < -0.39 is 0 Å². The Morgan fingerprint density at radius 2 is 1.95 bits per heavy atom. The van der Waals surface area contributed by atoms with Gasteiger partial charge in [-0.05, 0) is 28.6 Å². The van der Waals surface area contributed by atoms with Crippen LogP contribution in [0.15, 0.2) is 29.2 Å². The Hall–Kier alpha value is -2.70. The van der Waals surface area contributed by atoms with Crippen LogP contribution in [0.4, 0.5) is 5.69 Å². The second-order valence-corrected chi connectivity index (χ2v) is 5.20. The van der Waals surface area contributed by atoms with Crippen molar-refractivity contribution in [2.75, 3.05) is 19.0 Å². The molecular formula is C14H16N6O. The fourth-order valence-corrected chi connectivity index (χ4v) is 2.37. The largest absolute Gasteiger partial charge is 0.378 e. The van der Waals surface area contributed by atoms with Gasteiger partial charge in [-0.2, -0.15) is 0 Å². The van der Waals surface area contributed by atoms with Crippen molar-refractivity contribution in [3.8, 4) is 11.4 Å². The fourth-order valence-electron chi connectivity index (χ4n) is 2.37. The van der Waals surface area contributed by atoms with Gasteiger partial charge in [0.15, 0.2) is 11.3 Å². The van der Waals surface area contributed by atoms with Gasteiger partial charge in [0, 0.05) is 45.5 Å². The number of hydrogen-bond acceptors (Lipinski definition) is 5. The molecule has 3 aromatic rings. The molecule has 0 atom stereocenters. The molecule has 2 heterocycles.